The Labute approximate surface area is 115 Å². The maximum atomic E-state index is 4.42. The molecule has 2 unspecified atom stereocenters. The molecule has 0 spiro atoms. The molecule has 5 heteroatoms. The van der Waals surface area contributed by atoms with E-state index in [-0.39, 0.29) is 0 Å². The normalized spacial score (nSPS) is 21.8. The number of aromatic nitrogens is 2. The number of anilines is 2. The first-order valence-electron chi connectivity index (χ1n) is 7.23. The second-order valence-electron chi connectivity index (χ2n) is 5.47. The highest BCUT2D eigenvalue weighted by Gasteiger charge is 2.16. The second kappa shape index (κ2) is 6.70. The van der Waals surface area contributed by atoms with Crippen molar-refractivity contribution < 1.29 is 0 Å². The molecule has 2 rings (SSSR count). The van der Waals surface area contributed by atoms with Crippen LogP contribution in [0.2, 0.25) is 0 Å². The van der Waals surface area contributed by atoms with Gasteiger partial charge in [-0.15, -0.1) is 0 Å². The Morgan fingerprint density at radius 2 is 2.37 bits per heavy atom. The van der Waals surface area contributed by atoms with Crippen LogP contribution in [0, 0.1) is 5.92 Å². The van der Waals surface area contributed by atoms with Gasteiger partial charge in [-0.25, -0.2) is 9.97 Å². The molecule has 1 aromatic rings. The lowest BCUT2D eigenvalue weighted by Crippen LogP contribution is -2.30. The second-order valence-corrected chi connectivity index (χ2v) is 5.47. The first-order valence-corrected chi connectivity index (χ1v) is 7.23. The summed E-state index contributed by atoms with van der Waals surface area (Å²) in [5.74, 6) is 2.59. The van der Waals surface area contributed by atoms with E-state index in [2.05, 4.69) is 52.3 Å². The van der Waals surface area contributed by atoms with Gasteiger partial charge in [-0.3, -0.25) is 0 Å². The van der Waals surface area contributed by atoms with Gasteiger partial charge in [-0.05, 0) is 25.8 Å². The molecule has 1 aliphatic heterocycles. The van der Waals surface area contributed by atoms with Crippen molar-refractivity contribution in [3.63, 3.8) is 0 Å². The minimum atomic E-state index is 0.437. The van der Waals surface area contributed by atoms with Crippen LogP contribution >= 0.6 is 0 Å². The Hall–Kier alpha value is -1.36. The maximum Gasteiger partial charge on any atom is 0.134 e. The first-order chi connectivity index (χ1) is 9.19. The topological polar surface area (TPSA) is 53.1 Å². The van der Waals surface area contributed by atoms with Crippen molar-refractivity contribution in [2.45, 2.75) is 33.2 Å². The molecule has 5 nitrogen and oxygen atoms in total. The van der Waals surface area contributed by atoms with Gasteiger partial charge in [0.25, 0.3) is 0 Å². The van der Waals surface area contributed by atoms with E-state index in [9.17, 15) is 0 Å². The Bertz CT molecular complexity index is 395. The molecule has 0 amide bonds. The number of hydrogen-bond acceptors (Lipinski definition) is 5. The molecule has 106 valence electrons. The highest BCUT2D eigenvalue weighted by Crippen LogP contribution is 2.17. The molecule has 2 atom stereocenters. The van der Waals surface area contributed by atoms with Crippen LogP contribution in [0.15, 0.2) is 12.4 Å². The number of hydrogen-bond donors (Lipinski definition) is 2. The van der Waals surface area contributed by atoms with Gasteiger partial charge in [0.15, 0.2) is 0 Å². The number of rotatable bonds is 4. The van der Waals surface area contributed by atoms with E-state index in [0.29, 0.717) is 12.0 Å². The summed E-state index contributed by atoms with van der Waals surface area (Å²) in [5.41, 5.74) is 0. The third-order valence-electron chi connectivity index (χ3n) is 3.57. The quantitative estimate of drug-likeness (QED) is 0.866. The summed E-state index contributed by atoms with van der Waals surface area (Å²) in [7, 11) is 0. The zero-order valence-electron chi connectivity index (χ0n) is 12.2. The minimum Gasteiger partial charge on any atom is -0.367 e. The molecule has 2 N–H and O–H groups in total. The van der Waals surface area contributed by atoms with Crippen LogP contribution < -0.4 is 15.5 Å². The van der Waals surface area contributed by atoms with Crippen LogP contribution in [0.25, 0.3) is 0 Å². The fourth-order valence-corrected chi connectivity index (χ4v) is 2.26. The van der Waals surface area contributed by atoms with Gasteiger partial charge in [0.2, 0.25) is 0 Å². The molecule has 0 bridgehead atoms. The van der Waals surface area contributed by atoms with Crippen LogP contribution in [-0.4, -0.2) is 42.2 Å². The van der Waals surface area contributed by atoms with E-state index < -0.39 is 0 Å². The van der Waals surface area contributed by atoms with E-state index in [4.69, 9.17) is 0 Å². The number of nitrogens with one attached hydrogen (secondary N) is 2. The number of nitrogens with zero attached hydrogens (tertiary/aromatic N) is 3. The van der Waals surface area contributed by atoms with Gasteiger partial charge < -0.3 is 15.5 Å². The van der Waals surface area contributed by atoms with E-state index in [0.717, 1.165) is 44.2 Å². The van der Waals surface area contributed by atoms with E-state index in [1.807, 2.05) is 0 Å². The minimum absolute atomic E-state index is 0.437. The molecule has 19 heavy (non-hydrogen) atoms. The average molecular weight is 263 g/mol. The Morgan fingerprint density at radius 3 is 3.16 bits per heavy atom. The molecule has 0 aliphatic carbocycles. The van der Waals surface area contributed by atoms with E-state index in [1.54, 1.807) is 6.33 Å². The van der Waals surface area contributed by atoms with E-state index in [1.165, 1.54) is 0 Å². The molecule has 1 saturated heterocycles. The van der Waals surface area contributed by atoms with Crippen LogP contribution in [0.5, 0.6) is 0 Å². The molecular weight excluding hydrogens is 238 g/mol. The Balaban J connectivity index is 2.08. The molecule has 1 aliphatic rings. The molecule has 0 aromatic carbocycles. The van der Waals surface area contributed by atoms with Gasteiger partial charge in [-0.1, -0.05) is 13.8 Å². The predicted molar refractivity (Wildman–Crippen MR) is 79.7 cm³/mol. The Morgan fingerprint density at radius 1 is 1.53 bits per heavy atom. The van der Waals surface area contributed by atoms with Gasteiger partial charge in [0, 0.05) is 31.7 Å². The average Bonchev–Trinajstić information content (AvgIpc) is 2.63. The fraction of sp³-hybridized carbons (Fsp3) is 0.714. The van der Waals surface area contributed by atoms with Crippen molar-refractivity contribution in [3.8, 4) is 0 Å². The molecule has 0 radical (unpaired) electrons. The van der Waals surface area contributed by atoms with Gasteiger partial charge in [-0.2, -0.15) is 0 Å². The summed E-state index contributed by atoms with van der Waals surface area (Å²) in [6.45, 7) is 10.8. The summed E-state index contributed by atoms with van der Waals surface area (Å²) < 4.78 is 0. The molecular formula is C14H25N5. The van der Waals surface area contributed by atoms with Crippen molar-refractivity contribution >= 4 is 11.6 Å². The summed E-state index contributed by atoms with van der Waals surface area (Å²) in [4.78, 5) is 11.1. The van der Waals surface area contributed by atoms with Crippen molar-refractivity contribution in [1.29, 1.82) is 0 Å². The summed E-state index contributed by atoms with van der Waals surface area (Å²) >= 11 is 0. The summed E-state index contributed by atoms with van der Waals surface area (Å²) in [5, 5.41) is 6.86. The van der Waals surface area contributed by atoms with Gasteiger partial charge in [0.1, 0.15) is 18.0 Å². The molecule has 0 saturated carbocycles. The third kappa shape index (κ3) is 4.06. The lowest BCUT2D eigenvalue weighted by atomic mass is 10.2. The highest BCUT2D eigenvalue weighted by atomic mass is 15.2. The fourth-order valence-electron chi connectivity index (χ4n) is 2.26. The largest absolute Gasteiger partial charge is 0.367 e. The smallest absolute Gasteiger partial charge is 0.134 e. The molecule has 1 fully saturated rings. The lowest BCUT2D eigenvalue weighted by Gasteiger charge is -2.24. The predicted octanol–water partition coefficient (Wildman–Crippen LogP) is 1.73. The lowest BCUT2D eigenvalue weighted by molar-refractivity contribution is 0.563. The van der Waals surface area contributed by atoms with Crippen LogP contribution in [0.3, 0.4) is 0 Å². The van der Waals surface area contributed by atoms with Crippen LogP contribution in [0.4, 0.5) is 11.6 Å². The molecule has 1 aromatic heterocycles. The Kier molecular flexibility index (Phi) is 4.96. The maximum absolute atomic E-state index is 4.42. The standard InChI is InChI=1S/C14H25N5/c1-4-12(3)18-13-7-14(17-10-16-13)19-6-5-15-8-11(2)9-19/h7,10-12,15H,4-6,8-9H2,1-3H3,(H,16,17,18). The summed E-state index contributed by atoms with van der Waals surface area (Å²) in [6.07, 6.45) is 2.74. The van der Waals surface area contributed by atoms with Crippen molar-refractivity contribution in [3.05, 3.63) is 12.4 Å². The zero-order chi connectivity index (χ0) is 13.7. The monoisotopic (exact) mass is 263 g/mol. The highest BCUT2D eigenvalue weighted by molar-refractivity contribution is 5.49. The van der Waals surface area contributed by atoms with Crippen molar-refractivity contribution in [2.24, 2.45) is 5.92 Å². The van der Waals surface area contributed by atoms with Crippen molar-refractivity contribution in [2.75, 3.05) is 36.4 Å². The molecule has 2 heterocycles. The van der Waals surface area contributed by atoms with Crippen LogP contribution in [0.1, 0.15) is 27.2 Å². The van der Waals surface area contributed by atoms with E-state index >= 15 is 0 Å². The first kappa shape index (κ1) is 14.1. The van der Waals surface area contributed by atoms with Crippen molar-refractivity contribution in [1.82, 2.24) is 15.3 Å². The third-order valence-corrected chi connectivity index (χ3v) is 3.57. The SMILES string of the molecule is CCC(C)Nc1cc(N2CCNCC(C)C2)ncn1. The van der Waals surface area contributed by atoms with Gasteiger partial charge >= 0.3 is 0 Å². The van der Waals surface area contributed by atoms with Crippen LogP contribution in [-0.2, 0) is 0 Å². The summed E-state index contributed by atoms with van der Waals surface area (Å²) in [6, 6.07) is 2.50. The van der Waals surface area contributed by atoms with Gasteiger partial charge in [0.05, 0.1) is 0 Å². The zero-order valence-corrected chi connectivity index (χ0v) is 12.2.